The monoisotopic (exact) mass is 486 g/mol. The van der Waals surface area contributed by atoms with Crippen LogP contribution in [0.25, 0.3) is 5.69 Å². The lowest BCUT2D eigenvalue weighted by Gasteiger charge is -2.28. The minimum Gasteiger partial charge on any atom is -0.378 e. The second-order valence-corrected chi connectivity index (χ2v) is 9.36. The third kappa shape index (κ3) is 4.45. The van der Waals surface area contributed by atoms with E-state index in [-0.39, 0.29) is 11.0 Å². The number of nitrogens with zero attached hydrogens (tertiary/aromatic N) is 4. The second-order valence-electron chi connectivity index (χ2n) is 7.14. The lowest BCUT2D eigenvalue weighted by Crippen LogP contribution is -2.38. The number of hydrogen-bond donors (Lipinski definition) is 0. The van der Waals surface area contributed by atoms with Crippen LogP contribution >= 0.6 is 27.7 Å². The van der Waals surface area contributed by atoms with Crippen LogP contribution in [0, 0.1) is 6.92 Å². The van der Waals surface area contributed by atoms with Crippen LogP contribution in [0.1, 0.15) is 22.8 Å². The first-order valence-electron chi connectivity index (χ1n) is 9.85. The molecule has 1 aliphatic heterocycles. The van der Waals surface area contributed by atoms with E-state index in [1.165, 1.54) is 11.8 Å². The first-order valence-corrected chi connectivity index (χ1v) is 11.5. The van der Waals surface area contributed by atoms with Crippen molar-refractivity contribution in [1.29, 1.82) is 0 Å². The molecule has 0 saturated carbocycles. The fraction of sp³-hybridized carbons (Fsp3) is 0.318. The highest BCUT2D eigenvalue weighted by Crippen LogP contribution is 2.32. The van der Waals surface area contributed by atoms with Gasteiger partial charge in [-0.15, -0.1) is 10.2 Å². The summed E-state index contributed by atoms with van der Waals surface area (Å²) in [5.74, 6) is 0.859. The number of rotatable bonds is 6. The number of ether oxygens (including phenoxy) is 1. The number of benzene rings is 2. The van der Waals surface area contributed by atoms with Crippen LogP contribution in [-0.2, 0) is 4.74 Å². The predicted molar refractivity (Wildman–Crippen MR) is 123 cm³/mol. The van der Waals surface area contributed by atoms with Gasteiger partial charge in [0.25, 0.3) is 0 Å². The molecule has 0 amide bonds. The number of Topliss-reactive ketones (excluding diaryl/α,β-unsaturated/α-hetero) is 1. The first kappa shape index (κ1) is 21.1. The Morgan fingerprint density at radius 1 is 1.10 bits per heavy atom. The molecule has 0 N–H and O–H groups in total. The van der Waals surface area contributed by atoms with Crippen LogP contribution in [0.3, 0.4) is 0 Å². The molecule has 0 spiro atoms. The van der Waals surface area contributed by atoms with E-state index in [1.54, 1.807) is 0 Å². The molecule has 0 unspecified atom stereocenters. The molecule has 6 nitrogen and oxygen atoms in total. The maximum absolute atomic E-state index is 13.0. The molecule has 0 radical (unpaired) electrons. The lowest BCUT2D eigenvalue weighted by atomic mass is 10.1. The van der Waals surface area contributed by atoms with Gasteiger partial charge in [-0.25, -0.2) is 0 Å². The first-order chi connectivity index (χ1) is 14.5. The van der Waals surface area contributed by atoms with Crippen LogP contribution < -0.4 is 4.90 Å². The Morgan fingerprint density at radius 3 is 2.50 bits per heavy atom. The van der Waals surface area contributed by atoms with Gasteiger partial charge in [0.15, 0.2) is 10.9 Å². The van der Waals surface area contributed by atoms with Crippen LogP contribution in [0.15, 0.2) is 58.2 Å². The van der Waals surface area contributed by atoms with Gasteiger partial charge in [0.2, 0.25) is 5.95 Å². The second kappa shape index (κ2) is 9.32. The molecule has 1 aliphatic rings. The van der Waals surface area contributed by atoms with E-state index in [0.717, 1.165) is 34.8 Å². The van der Waals surface area contributed by atoms with Crippen molar-refractivity contribution < 1.29 is 9.53 Å². The van der Waals surface area contributed by atoms with Crippen molar-refractivity contribution in [3.8, 4) is 5.69 Å². The molecule has 156 valence electrons. The molecule has 2 aromatic carbocycles. The van der Waals surface area contributed by atoms with E-state index < -0.39 is 0 Å². The van der Waals surface area contributed by atoms with Gasteiger partial charge in [-0.2, -0.15) is 0 Å². The summed E-state index contributed by atoms with van der Waals surface area (Å²) in [6.45, 7) is 6.86. The summed E-state index contributed by atoms with van der Waals surface area (Å²) in [5.41, 5.74) is 2.84. The van der Waals surface area contributed by atoms with Crippen LogP contribution in [0.4, 0.5) is 5.95 Å². The molecule has 2 heterocycles. The third-order valence-corrected chi connectivity index (χ3v) is 6.62. The van der Waals surface area contributed by atoms with Crippen molar-refractivity contribution in [1.82, 2.24) is 14.8 Å². The van der Waals surface area contributed by atoms with E-state index in [0.29, 0.717) is 23.9 Å². The van der Waals surface area contributed by atoms with Crippen molar-refractivity contribution >= 4 is 39.4 Å². The molecular weight excluding hydrogens is 464 g/mol. The molecular formula is C22H23BrN4O2S. The van der Waals surface area contributed by atoms with Gasteiger partial charge in [0.1, 0.15) is 0 Å². The molecule has 3 aromatic rings. The Kier molecular flexibility index (Phi) is 6.55. The number of carbonyl (C=O) groups is 1. The van der Waals surface area contributed by atoms with Gasteiger partial charge in [-0.1, -0.05) is 58.0 Å². The maximum Gasteiger partial charge on any atom is 0.232 e. The van der Waals surface area contributed by atoms with E-state index in [2.05, 4.69) is 54.7 Å². The Hall–Kier alpha value is -2.16. The number of thioether (sulfide) groups is 1. The number of morpholine rings is 1. The molecule has 1 aromatic heterocycles. The van der Waals surface area contributed by atoms with Crippen LogP contribution in [-0.4, -0.2) is 52.1 Å². The number of anilines is 1. The summed E-state index contributed by atoms with van der Waals surface area (Å²) in [7, 11) is 0. The lowest BCUT2D eigenvalue weighted by molar-refractivity contribution is 0.0994. The molecule has 0 bridgehead atoms. The molecule has 8 heteroatoms. The summed E-state index contributed by atoms with van der Waals surface area (Å²) >= 11 is 4.85. The quantitative estimate of drug-likeness (QED) is 0.376. The maximum atomic E-state index is 13.0. The van der Waals surface area contributed by atoms with Gasteiger partial charge >= 0.3 is 0 Å². The average Bonchev–Trinajstić information content (AvgIpc) is 3.18. The van der Waals surface area contributed by atoms with Gasteiger partial charge in [0.05, 0.1) is 24.2 Å². The summed E-state index contributed by atoms with van der Waals surface area (Å²) < 4.78 is 8.52. The van der Waals surface area contributed by atoms with E-state index in [4.69, 9.17) is 4.74 Å². The minimum atomic E-state index is -0.296. The summed E-state index contributed by atoms with van der Waals surface area (Å²) in [6.07, 6.45) is 0. The highest BCUT2D eigenvalue weighted by Gasteiger charge is 2.25. The molecule has 1 saturated heterocycles. The standard InChI is InChI=1S/C22H23BrN4O2S/c1-15-5-3-4-6-19(15)27-21(26-11-13-29-14-12-26)24-25-22(27)30-16(2)20(28)17-7-9-18(23)10-8-17/h3-10,16H,11-14H2,1-2H3/t16-/m0/s1. The van der Waals surface area contributed by atoms with Gasteiger partial charge < -0.3 is 9.64 Å². The molecule has 1 atom stereocenters. The molecule has 1 fully saturated rings. The average molecular weight is 487 g/mol. The van der Waals surface area contributed by atoms with Crippen molar-refractivity contribution in [3.63, 3.8) is 0 Å². The largest absolute Gasteiger partial charge is 0.378 e. The predicted octanol–water partition coefficient (Wildman–Crippen LogP) is 4.54. The van der Waals surface area contributed by atoms with E-state index in [1.807, 2.05) is 43.3 Å². The van der Waals surface area contributed by atoms with Crippen LogP contribution in [0.2, 0.25) is 0 Å². The highest BCUT2D eigenvalue weighted by atomic mass is 79.9. The number of carbonyl (C=O) groups excluding carboxylic acids is 1. The van der Waals surface area contributed by atoms with E-state index in [9.17, 15) is 4.79 Å². The number of aromatic nitrogens is 3. The number of hydrogen-bond acceptors (Lipinski definition) is 6. The van der Waals surface area contributed by atoms with Crippen molar-refractivity contribution in [2.75, 3.05) is 31.2 Å². The molecule has 4 rings (SSSR count). The summed E-state index contributed by atoms with van der Waals surface area (Å²) in [4.78, 5) is 15.2. The number of para-hydroxylation sites is 1. The minimum absolute atomic E-state index is 0.0692. The Balaban J connectivity index is 1.67. The summed E-state index contributed by atoms with van der Waals surface area (Å²) in [6, 6.07) is 15.6. The number of ketones is 1. The summed E-state index contributed by atoms with van der Waals surface area (Å²) in [5, 5.41) is 9.39. The van der Waals surface area contributed by atoms with Gasteiger partial charge in [-0.05, 0) is 37.6 Å². The van der Waals surface area contributed by atoms with Crippen LogP contribution in [0.5, 0.6) is 0 Å². The zero-order valence-corrected chi connectivity index (χ0v) is 19.3. The Morgan fingerprint density at radius 2 is 1.80 bits per heavy atom. The van der Waals surface area contributed by atoms with Crippen molar-refractivity contribution in [2.45, 2.75) is 24.3 Å². The molecule has 0 aliphatic carbocycles. The number of aryl methyl sites for hydroxylation is 1. The van der Waals surface area contributed by atoms with Gasteiger partial charge in [-0.3, -0.25) is 9.36 Å². The van der Waals surface area contributed by atoms with E-state index >= 15 is 0 Å². The fourth-order valence-electron chi connectivity index (χ4n) is 3.39. The van der Waals surface area contributed by atoms with Crippen molar-refractivity contribution in [3.05, 3.63) is 64.1 Å². The van der Waals surface area contributed by atoms with Gasteiger partial charge in [0, 0.05) is 23.1 Å². The fourth-order valence-corrected chi connectivity index (χ4v) is 4.59. The normalized spacial score (nSPS) is 15.2. The Labute approximate surface area is 188 Å². The van der Waals surface area contributed by atoms with Crippen molar-refractivity contribution in [2.24, 2.45) is 0 Å². The number of halogens is 1. The zero-order chi connectivity index (χ0) is 21.1. The highest BCUT2D eigenvalue weighted by molar-refractivity contribution is 9.10. The smallest absolute Gasteiger partial charge is 0.232 e. The topological polar surface area (TPSA) is 60.2 Å². The third-order valence-electron chi connectivity index (χ3n) is 5.05. The Bertz CT molecular complexity index is 1030. The SMILES string of the molecule is Cc1ccccc1-n1c(S[C@@H](C)C(=O)c2ccc(Br)cc2)nnc1N1CCOCC1. The molecule has 30 heavy (non-hydrogen) atoms. The zero-order valence-electron chi connectivity index (χ0n) is 16.9.